The highest BCUT2D eigenvalue weighted by molar-refractivity contribution is 7.92. The van der Waals surface area contributed by atoms with Crippen LogP contribution in [0.25, 0.3) is 0 Å². The summed E-state index contributed by atoms with van der Waals surface area (Å²) in [7, 11) is -1.93. The van der Waals surface area contributed by atoms with Crippen LogP contribution in [0, 0.1) is 5.92 Å². The molecule has 0 unspecified atom stereocenters. The van der Waals surface area contributed by atoms with Gasteiger partial charge in [-0.2, -0.15) is 0 Å². The topological polar surface area (TPSA) is 147 Å². The molecule has 12 nitrogen and oxygen atoms in total. The van der Waals surface area contributed by atoms with E-state index >= 15 is 0 Å². The van der Waals surface area contributed by atoms with E-state index in [0.717, 1.165) is 6.26 Å². The van der Waals surface area contributed by atoms with E-state index in [9.17, 15) is 23.1 Å². The average Bonchev–Trinajstić information content (AvgIpc) is 3.33. The van der Waals surface area contributed by atoms with Gasteiger partial charge in [0, 0.05) is 37.0 Å². The third-order valence-corrected chi connectivity index (χ3v) is 7.00. The molecule has 2 heterocycles. The summed E-state index contributed by atoms with van der Waals surface area (Å²) < 4.78 is 42.8. The zero-order valence-corrected chi connectivity index (χ0v) is 22.4. The number of aliphatic hydroxyl groups excluding tert-OH is 1. The van der Waals surface area contributed by atoms with E-state index < -0.39 is 28.1 Å². The maximum Gasteiger partial charge on any atom is 0.321 e. The molecule has 0 saturated heterocycles. The van der Waals surface area contributed by atoms with Crippen molar-refractivity contribution in [2.24, 2.45) is 5.92 Å². The molecule has 3 amide bonds. The van der Waals surface area contributed by atoms with Crippen molar-refractivity contribution in [2.45, 2.75) is 26.0 Å². The van der Waals surface area contributed by atoms with Gasteiger partial charge in [-0.25, -0.2) is 13.2 Å². The van der Waals surface area contributed by atoms with Crippen molar-refractivity contribution in [1.82, 2.24) is 9.80 Å². The minimum Gasteiger partial charge on any atom is -0.487 e. The first-order chi connectivity index (χ1) is 17.9. The van der Waals surface area contributed by atoms with Crippen LogP contribution in [0.1, 0.15) is 24.2 Å². The number of aliphatic hydroxyl groups is 1. The predicted octanol–water partition coefficient (Wildman–Crippen LogP) is 2.17. The van der Waals surface area contributed by atoms with E-state index in [1.807, 2.05) is 6.92 Å². The average molecular weight is 549 g/mol. The van der Waals surface area contributed by atoms with Crippen molar-refractivity contribution in [1.29, 1.82) is 0 Å². The molecular formula is C25H32N4O8S. The number of sulfonamides is 1. The monoisotopic (exact) mass is 548 g/mol. The number of carbonyl (C=O) groups excluding carboxylic acids is 2. The predicted molar refractivity (Wildman–Crippen MR) is 140 cm³/mol. The second-order valence-corrected chi connectivity index (χ2v) is 11.3. The largest absolute Gasteiger partial charge is 0.487 e. The van der Waals surface area contributed by atoms with Gasteiger partial charge in [-0.05, 0) is 37.3 Å². The number of urea groups is 1. The molecule has 0 fully saturated rings. The smallest absolute Gasteiger partial charge is 0.321 e. The van der Waals surface area contributed by atoms with Gasteiger partial charge in [0.2, 0.25) is 16.8 Å². The molecule has 206 valence electrons. The zero-order valence-electron chi connectivity index (χ0n) is 21.6. The maximum atomic E-state index is 13.4. The van der Waals surface area contributed by atoms with Gasteiger partial charge < -0.3 is 34.4 Å². The highest BCUT2D eigenvalue weighted by Gasteiger charge is 2.34. The molecule has 13 heteroatoms. The molecule has 0 spiro atoms. The first kappa shape index (κ1) is 27.3. The number of nitrogens with one attached hydrogen (secondary N) is 2. The summed E-state index contributed by atoms with van der Waals surface area (Å²) in [4.78, 5) is 29.4. The van der Waals surface area contributed by atoms with Crippen molar-refractivity contribution >= 4 is 33.3 Å². The number of rotatable bonds is 7. The van der Waals surface area contributed by atoms with Crippen LogP contribution in [-0.2, 0) is 10.0 Å². The fraction of sp³-hybridized carbons (Fsp3) is 0.440. The van der Waals surface area contributed by atoms with E-state index in [4.69, 9.17) is 14.2 Å². The molecule has 2 aromatic carbocycles. The number of likely N-dealkylation sites (N-methyl/N-ethyl adjacent to an activating group) is 1. The molecule has 38 heavy (non-hydrogen) atoms. The summed E-state index contributed by atoms with van der Waals surface area (Å²) in [5.41, 5.74) is 0.913. The van der Waals surface area contributed by atoms with Gasteiger partial charge in [0.25, 0.3) is 5.91 Å². The molecule has 0 aliphatic carbocycles. The number of hydrogen-bond donors (Lipinski definition) is 3. The Morgan fingerprint density at radius 3 is 2.55 bits per heavy atom. The highest BCUT2D eigenvalue weighted by Crippen LogP contribution is 2.34. The first-order valence-electron chi connectivity index (χ1n) is 12.1. The SMILES string of the molecule is C[C@H]1CN([C@@H](C)CO)C(=O)c2cc(NS(C)(=O)=O)ccc2O[C@@H]1CN(C)C(=O)Nc1ccc2c(c1)OCO2. The van der Waals surface area contributed by atoms with Crippen LogP contribution in [0.5, 0.6) is 17.2 Å². The van der Waals surface area contributed by atoms with Gasteiger partial charge in [0.05, 0.1) is 31.0 Å². The van der Waals surface area contributed by atoms with Gasteiger partial charge >= 0.3 is 6.03 Å². The van der Waals surface area contributed by atoms with Crippen LogP contribution in [-0.4, -0.2) is 87.2 Å². The fourth-order valence-electron chi connectivity index (χ4n) is 4.26. The molecule has 4 rings (SSSR count). The number of benzene rings is 2. The Hall–Kier alpha value is -3.71. The third-order valence-electron chi connectivity index (χ3n) is 6.39. The Labute approximate surface area is 221 Å². The van der Waals surface area contributed by atoms with Gasteiger partial charge in [-0.15, -0.1) is 0 Å². The van der Waals surface area contributed by atoms with Crippen molar-refractivity contribution in [3.05, 3.63) is 42.0 Å². The first-order valence-corrected chi connectivity index (χ1v) is 14.0. The van der Waals surface area contributed by atoms with E-state index in [-0.39, 0.29) is 55.4 Å². The Kier molecular flexibility index (Phi) is 7.88. The van der Waals surface area contributed by atoms with Gasteiger partial charge in [0.15, 0.2) is 11.5 Å². The summed E-state index contributed by atoms with van der Waals surface area (Å²) in [6.07, 6.45) is 0.501. The Bertz CT molecular complexity index is 1320. The summed E-state index contributed by atoms with van der Waals surface area (Å²) in [5, 5.41) is 12.6. The lowest BCUT2D eigenvalue weighted by Crippen LogP contribution is -2.50. The number of hydrogen-bond acceptors (Lipinski definition) is 8. The second kappa shape index (κ2) is 11.0. The Morgan fingerprint density at radius 2 is 1.84 bits per heavy atom. The Balaban J connectivity index is 1.56. The van der Waals surface area contributed by atoms with Gasteiger partial charge in [-0.3, -0.25) is 9.52 Å². The van der Waals surface area contributed by atoms with Crippen LogP contribution in [0.2, 0.25) is 0 Å². The summed E-state index contributed by atoms with van der Waals surface area (Å²) in [6.45, 7) is 3.96. The van der Waals surface area contributed by atoms with E-state index in [0.29, 0.717) is 17.2 Å². The van der Waals surface area contributed by atoms with Gasteiger partial charge in [0.1, 0.15) is 11.9 Å². The number of ether oxygens (including phenoxy) is 3. The number of amides is 3. The standard InChI is InChI=1S/C25H32N4O8S/c1-15-11-29(16(2)13-30)24(31)19-9-18(27-38(4,33)34)6-7-20(19)37-23(15)12-28(3)25(32)26-17-5-8-21-22(10-17)36-14-35-21/h5-10,15-16,23,27,30H,11-14H2,1-4H3,(H,26,32)/t15-,16-,23+/m0/s1. The minimum atomic E-state index is -3.57. The summed E-state index contributed by atoms with van der Waals surface area (Å²) in [6, 6.07) is 8.70. The van der Waals surface area contributed by atoms with Crippen molar-refractivity contribution in [2.75, 3.05) is 49.8 Å². The normalized spacial score (nSPS) is 19.5. The van der Waals surface area contributed by atoms with Crippen LogP contribution < -0.4 is 24.2 Å². The molecule has 2 aromatic rings. The van der Waals surface area contributed by atoms with Gasteiger partial charge in [-0.1, -0.05) is 6.92 Å². The molecule has 0 radical (unpaired) electrons. The van der Waals surface area contributed by atoms with Crippen molar-refractivity contribution in [3.63, 3.8) is 0 Å². The van der Waals surface area contributed by atoms with Crippen molar-refractivity contribution < 1.29 is 37.3 Å². The molecule has 2 aliphatic heterocycles. The molecule has 2 aliphatic rings. The number of anilines is 2. The number of carbonyl (C=O) groups is 2. The lowest BCUT2D eigenvalue weighted by atomic mass is 9.99. The zero-order chi connectivity index (χ0) is 27.6. The van der Waals surface area contributed by atoms with E-state index in [1.165, 1.54) is 28.0 Å². The second-order valence-electron chi connectivity index (χ2n) is 9.59. The molecule has 3 atom stereocenters. The lowest BCUT2D eigenvalue weighted by Gasteiger charge is -2.38. The van der Waals surface area contributed by atoms with Crippen LogP contribution in [0.15, 0.2) is 36.4 Å². The van der Waals surface area contributed by atoms with Crippen molar-refractivity contribution in [3.8, 4) is 17.2 Å². The highest BCUT2D eigenvalue weighted by atomic mass is 32.2. The fourth-order valence-corrected chi connectivity index (χ4v) is 4.82. The minimum absolute atomic E-state index is 0.130. The lowest BCUT2D eigenvalue weighted by molar-refractivity contribution is 0.0371. The Morgan fingerprint density at radius 1 is 1.16 bits per heavy atom. The number of fused-ring (bicyclic) bond motifs is 2. The molecule has 3 N–H and O–H groups in total. The van der Waals surface area contributed by atoms with E-state index in [2.05, 4.69) is 10.0 Å². The van der Waals surface area contributed by atoms with E-state index in [1.54, 1.807) is 32.2 Å². The molecule has 0 aromatic heterocycles. The quantitative estimate of drug-likeness (QED) is 0.477. The summed E-state index contributed by atoms with van der Waals surface area (Å²) in [5.74, 6) is 0.809. The van der Waals surface area contributed by atoms with Crippen LogP contribution >= 0.6 is 0 Å². The molecule has 0 bridgehead atoms. The maximum absolute atomic E-state index is 13.4. The van der Waals surface area contributed by atoms with Crippen LogP contribution in [0.3, 0.4) is 0 Å². The molecular weight excluding hydrogens is 516 g/mol. The third kappa shape index (κ3) is 6.22. The summed E-state index contributed by atoms with van der Waals surface area (Å²) >= 11 is 0. The number of nitrogens with zero attached hydrogens (tertiary/aromatic N) is 2. The molecule has 0 saturated carbocycles. The van der Waals surface area contributed by atoms with Crippen LogP contribution in [0.4, 0.5) is 16.2 Å².